The second-order valence-electron chi connectivity index (χ2n) is 4.56. The molecular formula is C16H18N2O2. The molecule has 0 fully saturated rings. The highest BCUT2D eigenvalue weighted by atomic mass is 16.5. The number of ether oxygens (including phenoxy) is 1. The minimum atomic E-state index is -0.483. The first-order chi connectivity index (χ1) is 9.65. The van der Waals surface area contributed by atoms with Crippen molar-refractivity contribution in [1.82, 2.24) is 0 Å². The zero-order valence-corrected chi connectivity index (χ0v) is 11.4. The predicted octanol–water partition coefficient (Wildman–Crippen LogP) is 2.47. The first kappa shape index (κ1) is 13.9. The van der Waals surface area contributed by atoms with E-state index in [4.69, 9.17) is 10.5 Å². The van der Waals surface area contributed by atoms with Crippen LogP contribution < -0.4 is 15.8 Å². The van der Waals surface area contributed by atoms with Crippen molar-refractivity contribution >= 4 is 11.6 Å². The topological polar surface area (TPSA) is 64.3 Å². The molecule has 0 unspecified atom stereocenters. The lowest BCUT2D eigenvalue weighted by Crippen LogP contribution is -2.20. The SMILES string of the molecule is Cc1ccccc1CNc1cccc(OCC(N)=O)c1. The van der Waals surface area contributed by atoms with Gasteiger partial charge in [-0.1, -0.05) is 30.3 Å². The summed E-state index contributed by atoms with van der Waals surface area (Å²) >= 11 is 0. The molecule has 2 rings (SSSR count). The summed E-state index contributed by atoms with van der Waals surface area (Å²) < 4.78 is 5.27. The molecule has 0 radical (unpaired) electrons. The molecule has 20 heavy (non-hydrogen) atoms. The lowest BCUT2D eigenvalue weighted by molar-refractivity contribution is -0.119. The third kappa shape index (κ3) is 4.02. The first-order valence-corrected chi connectivity index (χ1v) is 6.44. The Morgan fingerprint density at radius 2 is 2.00 bits per heavy atom. The Labute approximate surface area is 118 Å². The maximum Gasteiger partial charge on any atom is 0.255 e. The standard InChI is InChI=1S/C16H18N2O2/c1-12-5-2-3-6-13(12)10-18-14-7-4-8-15(9-14)20-11-16(17)19/h2-9,18H,10-11H2,1H3,(H2,17,19). The van der Waals surface area contributed by atoms with E-state index < -0.39 is 5.91 Å². The smallest absolute Gasteiger partial charge is 0.255 e. The third-order valence-electron chi connectivity index (χ3n) is 2.96. The van der Waals surface area contributed by atoms with Crippen LogP contribution in [0.15, 0.2) is 48.5 Å². The zero-order valence-electron chi connectivity index (χ0n) is 11.4. The summed E-state index contributed by atoms with van der Waals surface area (Å²) in [5.74, 6) is 0.141. The molecule has 4 nitrogen and oxygen atoms in total. The van der Waals surface area contributed by atoms with Gasteiger partial charge in [0.05, 0.1) is 0 Å². The number of hydrogen-bond donors (Lipinski definition) is 2. The van der Waals surface area contributed by atoms with Crippen LogP contribution in [0.25, 0.3) is 0 Å². The van der Waals surface area contributed by atoms with E-state index in [-0.39, 0.29) is 6.61 Å². The van der Waals surface area contributed by atoms with Crippen LogP contribution in [0.4, 0.5) is 5.69 Å². The van der Waals surface area contributed by atoms with Crippen LogP contribution in [-0.4, -0.2) is 12.5 Å². The molecule has 0 bridgehead atoms. The van der Waals surface area contributed by atoms with Crippen LogP contribution in [0, 0.1) is 6.92 Å². The van der Waals surface area contributed by atoms with Crippen molar-refractivity contribution in [2.45, 2.75) is 13.5 Å². The molecule has 2 aromatic rings. The summed E-state index contributed by atoms with van der Waals surface area (Å²) in [4.78, 5) is 10.7. The number of nitrogens with two attached hydrogens (primary N) is 1. The largest absolute Gasteiger partial charge is 0.484 e. The Morgan fingerprint density at radius 1 is 1.20 bits per heavy atom. The summed E-state index contributed by atoms with van der Waals surface area (Å²) in [6.07, 6.45) is 0. The molecule has 4 heteroatoms. The number of amides is 1. The second kappa shape index (κ2) is 6.61. The van der Waals surface area contributed by atoms with Gasteiger partial charge >= 0.3 is 0 Å². The fourth-order valence-electron chi connectivity index (χ4n) is 1.86. The van der Waals surface area contributed by atoms with Gasteiger partial charge in [-0.15, -0.1) is 0 Å². The van der Waals surface area contributed by atoms with Gasteiger partial charge in [0.25, 0.3) is 5.91 Å². The molecule has 0 aliphatic carbocycles. The number of hydrogen-bond acceptors (Lipinski definition) is 3. The summed E-state index contributed by atoms with van der Waals surface area (Å²) in [7, 11) is 0. The van der Waals surface area contributed by atoms with E-state index in [1.165, 1.54) is 11.1 Å². The van der Waals surface area contributed by atoms with Crippen molar-refractivity contribution in [3.63, 3.8) is 0 Å². The van der Waals surface area contributed by atoms with Crippen LogP contribution in [0.1, 0.15) is 11.1 Å². The van der Waals surface area contributed by atoms with Crippen molar-refractivity contribution < 1.29 is 9.53 Å². The van der Waals surface area contributed by atoms with Crippen LogP contribution in [0.5, 0.6) is 5.75 Å². The fourth-order valence-corrected chi connectivity index (χ4v) is 1.86. The first-order valence-electron chi connectivity index (χ1n) is 6.44. The fraction of sp³-hybridized carbons (Fsp3) is 0.188. The van der Waals surface area contributed by atoms with E-state index >= 15 is 0 Å². The normalized spacial score (nSPS) is 10.1. The van der Waals surface area contributed by atoms with Gasteiger partial charge in [0.15, 0.2) is 6.61 Å². The summed E-state index contributed by atoms with van der Waals surface area (Å²) in [6, 6.07) is 15.7. The Balaban J connectivity index is 1.98. The number of carbonyl (C=O) groups excluding carboxylic acids is 1. The van der Waals surface area contributed by atoms with E-state index in [9.17, 15) is 4.79 Å². The maximum atomic E-state index is 10.7. The van der Waals surface area contributed by atoms with Crippen molar-refractivity contribution in [2.24, 2.45) is 5.73 Å². The molecule has 0 spiro atoms. The Hall–Kier alpha value is -2.49. The zero-order chi connectivity index (χ0) is 14.4. The molecule has 0 aliphatic rings. The molecule has 0 atom stereocenters. The van der Waals surface area contributed by atoms with Crippen molar-refractivity contribution in [3.05, 3.63) is 59.7 Å². The molecule has 0 saturated carbocycles. The van der Waals surface area contributed by atoms with E-state index in [1.807, 2.05) is 30.3 Å². The van der Waals surface area contributed by atoms with Crippen molar-refractivity contribution in [3.8, 4) is 5.75 Å². The quantitative estimate of drug-likeness (QED) is 0.847. The minimum Gasteiger partial charge on any atom is -0.484 e. The van der Waals surface area contributed by atoms with Gasteiger partial charge in [0.2, 0.25) is 0 Å². The van der Waals surface area contributed by atoms with Gasteiger partial charge in [0, 0.05) is 18.3 Å². The molecule has 0 aliphatic heterocycles. The van der Waals surface area contributed by atoms with Gasteiger partial charge in [-0.2, -0.15) is 0 Å². The molecule has 0 heterocycles. The number of nitrogens with one attached hydrogen (secondary N) is 1. The molecule has 1 amide bonds. The molecule has 104 valence electrons. The average Bonchev–Trinajstić information content (AvgIpc) is 2.45. The highest BCUT2D eigenvalue weighted by molar-refractivity contribution is 5.75. The summed E-state index contributed by atoms with van der Waals surface area (Å²) in [5.41, 5.74) is 8.49. The van der Waals surface area contributed by atoms with E-state index in [0.717, 1.165) is 12.2 Å². The average molecular weight is 270 g/mol. The number of primary amides is 1. The van der Waals surface area contributed by atoms with Gasteiger partial charge in [-0.25, -0.2) is 0 Å². The molecular weight excluding hydrogens is 252 g/mol. The van der Waals surface area contributed by atoms with Crippen LogP contribution in [0.2, 0.25) is 0 Å². The van der Waals surface area contributed by atoms with Crippen molar-refractivity contribution in [1.29, 1.82) is 0 Å². The number of carbonyl (C=O) groups is 1. The molecule has 2 aromatic carbocycles. The Bertz CT molecular complexity index is 597. The van der Waals surface area contributed by atoms with E-state index in [1.54, 1.807) is 6.07 Å². The lowest BCUT2D eigenvalue weighted by atomic mass is 10.1. The van der Waals surface area contributed by atoms with Gasteiger partial charge in [-0.3, -0.25) is 4.79 Å². The number of anilines is 1. The number of rotatable bonds is 6. The number of aryl methyl sites for hydroxylation is 1. The minimum absolute atomic E-state index is 0.110. The van der Waals surface area contributed by atoms with Crippen LogP contribution in [0.3, 0.4) is 0 Å². The predicted molar refractivity (Wildman–Crippen MR) is 79.6 cm³/mol. The van der Waals surface area contributed by atoms with Gasteiger partial charge < -0.3 is 15.8 Å². The highest BCUT2D eigenvalue weighted by Crippen LogP contribution is 2.18. The van der Waals surface area contributed by atoms with Crippen molar-refractivity contribution in [2.75, 3.05) is 11.9 Å². The maximum absolute atomic E-state index is 10.7. The highest BCUT2D eigenvalue weighted by Gasteiger charge is 2.00. The summed E-state index contributed by atoms with van der Waals surface area (Å²) in [6.45, 7) is 2.72. The Morgan fingerprint density at radius 3 is 2.75 bits per heavy atom. The van der Waals surface area contributed by atoms with Gasteiger partial charge in [-0.05, 0) is 30.2 Å². The molecule has 0 aromatic heterocycles. The lowest BCUT2D eigenvalue weighted by Gasteiger charge is -2.10. The van der Waals surface area contributed by atoms with E-state index in [2.05, 4.69) is 24.4 Å². The van der Waals surface area contributed by atoms with Gasteiger partial charge in [0.1, 0.15) is 5.75 Å². The van der Waals surface area contributed by atoms with E-state index in [0.29, 0.717) is 5.75 Å². The number of benzene rings is 2. The monoisotopic (exact) mass is 270 g/mol. The van der Waals surface area contributed by atoms with Crippen LogP contribution in [-0.2, 0) is 11.3 Å². The molecule has 3 N–H and O–H groups in total. The Kier molecular flexibility index (Phi) is 4.60. The summed E-state index contributed by atoms with van der Waals surface area (Å²) in [5, 5.41) is 3.33. The molecule has 0 saturated heterocycles. The second-order valence-corrected chi connectivity index (χ2v) is 4.56. The third-order valence-corrected chi connectivity index (χ3v) is 2.96. The van der Waals surface area contributed by atoms with Crippen LogP contribution >= 0.6 is 0 Å².